The van der Waals surface area contributed by atoms with Gasteiger partial charge in [0.1, 0.15) is 6.10 Å². The first-order valence-electron chi connectivity index (χ1n) is 4.33. The Bertz CT molecular complexity index is 370. The number of rotatable bonds is 3. The van der Waals surface area contributed by atoms with E-state index in [4.69, 9.17) is 4.74 Å². The molecule has 0 aromatic heterocycles. The number of methoxy groups -OCH3 is 1. The van der Waals surface area contributed by atoms with E-state index in [0.717, 1.165) is 13.7 Å². The number of amides is 1. The quantitative estimate of drug-likeness (QED) is 0.815. The van der Waals surface area contributed by atoms with Crippen molar-refractivity contribution in [1.82, 2.24) is 0 Å². The minimum Gasteiger partial charge on any atom is -0.372 e. The number of nitrogens with one attached hydrogen (secondary N) is 1. The second-order valence-corrected chi connectivity index (χ2v) is 5.09. The Balaban J connectivity index is 2.77. The molecule has 15 heavy (non-hydrogen) atoms. The fourth-order valence-corrected chi connectivity index (χ4v) is 2.33. The van der Waals surface area contributed by atoms with E-state index in [2.05, 4.69) is 43.8 Å². The summed E-state index contributed by atoms with van der Waals surface area (Å²) in [5, 5.41) is 2.77. The van der Waals surface area contributed by atoms with E-state index in [9.17, 15) is 4.79 Å². The van der Waals surface area contributed by atoms with Crippen LogP contribution in [0, 0.1) is 3.57 Å². The van der Waals surface area contributed by atoms with Crippen LogP contribution in [0.2, 0.25) is 0 Å². The summed E-state index contributed by atoms with van der Waals surface area (Å²) >= 11 is 5.60. The molecule has 1 unspecified atom stereocenters. The van der Waals surface area contributed by atoms with E-state index < -0.39 is 6.10 Å². The third kappa shape index (κ3) is 3.73. The molecule has 1 aromatic rings. The smallest absolute Gasteiger partial charge is 0.253 e. The molecule has 82 valence electrons. The summed E-state index contributed by atoms with van der Waals surface area (Å²) in [7, 11) is 1.51. The Kier molecular flexibility index (Phi) is 5.01. The van der Waals surface area contributed by atoms with Gasteiger partial charge in [0.2, 0.25) is 0 Å². The lowest BCUT2D eigenvalue weighted by Gasteiger charge is -2.11. The molecule has 1 rings (SSSR count). The average molecular weight is 384 g/mol. The second-order valence-electron chi connectivity index (χ2n) is 2.99. The van der Waals surface area contributed by atoms with Crippen LogP contribution >= 0.6 is 38.5 Å². The van der Waals surface area contributed by atoms with Gasteiger partial charge in [-0.05, 0) is 63.6 Å². The summed E-state index contributed by atoms with van der Waals surface area (Å²) in [6.45, 7) is 1.70. The summed E-state index contributed by atoms with van der Waals surface area (Å²) in [5.74, 6) is -0.153. The van der Waals surface area contributed by atoms with Crippen molar-refractivity contribution in [2.24, 2.45) is 0 Å². The molecular weight excluding hydrogens is 373 g/mol. The minimum atomic E-state index is -0.448. The summed E-state index contributed by atoms with van der Waals surface area (Å²) < 4.78 is 6.89. The lowest BCUT2D eigenvalue weighted by atomic mass is 10.3. The Morgan fingerprint density at radius 3 is 2.80 bits per heavy atom. The second kappa shape index (κ2) is 5.81. The highest BCUT2D eigenvalue weighted by atomic mass is 127. The molecule has 1 N–H and O–H groups in total. The molecule has 0 radical (unpaired) electrons. The molecule has 0 aliphatic rings. The van der Waals surface area contributed by atoms with Gasteiger partial charge in [-0.3, -0.25) is 4.79 Å². The molecule has 5 heteroatoms. The summed E-state index contributed by atoms with van der Waals surface area (Å²) in [5.41, 5.74) is 0.754. The molecular formula is C10H11BrINO2. The van der Waals surface area contributed by atoms with E-state index in [0.29, 0.717) is 0 Å². The van der Waals surface area contributed by atoms with Crippen LogP contribution in [0.25, 0.3) is 0 Å². The van der Waals surface area contributed by atoms with E-state index in [1.807, 2.05) is 18.2 Å². The van der Waals surface area contributed by atoms with Gasteiger partial charge in [0, 0.05) is 15.2 Å². The number of halogens is 2. The van der Waals surface area contributed by atoms with Crippen molar-refractivity contribution in [2.45, 2.75) is 13.0 Å². The molecule has 1 aromatic carbocycles. The SMILES string of the molecule is COC(C)C(=O)Nc1ccc(I)cc1Br. The Hall–Kier alpha value is -0.140. The zero-order valence-electron chi connectivity index (χ0n) is 8.38. The number of hydrogen-bond donors (Lipinski definition) is 1. The van der Waals surface area contributed by atoms with Gasteiger partial charge in [-0.25, -0.2) is 0 Å². The number of anilines is 1. The first-order valence-corrected chi connectivity index (χ1v) is 6.20. The van der Waals surface area contributed by atoms with Crippen molar-refractivity contribution in [2.75, 3.05) is 12.4 Å². The van der Waals surface area contributed by atoms with Gasteiger partial charge in [-0.2, -0.15) is 0 Å². The van der Waals surface area contributed by atoms with Crippen LogP contribution in [-0.2, 0) is 9.53 Å². The predicted octanol–water partition coefficient (Wildman–Crippen LogP) is 3.03. The Morgan fingerprint density at radius 2 is 2.27 bits per heavy atom. The van der Waals surface area contributed by atoms with Crippen LogP contribution in [0.5, 0.6) is 0 Å². The lowest BCUT2D eigenvalue weighted by molar-refractivity contribution is -0.124. The van der Waals surface area contributed by atoms with E-state index in [1.54, 1.807) is 6.92 Å². The van der Waals surface area contributed by atoms with Gasteiger partial charge in [0.25, 0.3) is 5.91 Å². The Labute approximate surface area is 111 Å². The maximum atomic E-state index is 11.5. The Morgan fingerprint density at radius 1 is 1.60 bits per heavy atom. The normalized spacial score (nSPS) is 12.3. The van der Waals surface area contributed by atoms with Gasteiger partial charge < -0.3 is 10.1 Å². The molecule has 0 spiro atoms. The molecule has 3 nitrogen and oxygen atoms in total. The number of ether oxygens (including phenoxy) is 1. The number of hydrogen-bond acceptors (Lipinski definition) is 2. The van der Waals surface area contributed by atoms with Crippen molar-refractivity contribution in [3.63, 3.8) is 0 Å². The molecule has 0 saturated heterocycles. The topological polar surface area (TPSA) is 38.3 Å². The molecule has 1 atom stereocenters. The third-order valence-corrected chi connectivity index (χ3v) is 3.24. The molecule has 0 heterocycles. The molecule has 0 aliphatic carbocycles. The van der Waals surface area contributed by atoms with Crippen molar-refractivity contribution in [3.05, 3.63) is 26.2 Å². The van der Waals surface area contributed by atoms with E-state index >= 15 is 0 Å². The summed E-state index contributed by atoms with van der Waals surface area (Å²) in [4.78, 5) is 11.5. The number of carbonyl (C=O) groups excluding carboxylic acids is 1. The maximum Gasteiger partial charge on any atom is 0.253 e. The van der Waals surface area contributed by atoms with Crippen molar-refractivity contribution < 1.29 is 9.53 Å². The van der Waals surface area contributed by atoms with Gasteiger partial charge in [0.05, 0.1) is 5.69 Å². The van der Waals surface area contributed by atoms with Crippen LogP contribution in [0.15, 0.2) is 22.7 Å². The predicted molar refractivity (Wildman–Crippen MR) is 72.0 cm³/mol. The van der Waals surface area contributed by atoms with Crippen LogP contribution in [0.4, 0.5) is 5.69 Å². The highest BCUT2D eigenvalue weighted by Crippen LogP contribution is 2.24. The fourth-order valence-electron chi connectivity index (χ4n) is 0.932. The van der Waals surface area contributed by atoms with Crippen molar-refractivity contribution >= 4 is 50.1 Å². The molecule has 1 amide bonds. The van der Waals surface area contributed by atoms with Crippen LogP contribution in [0.1, 0.15) is 6.92 Å². The third-order valence-electron chi connectivity index (χ3n) is 1.91. The molecule has 0 bridgehead atoms. The van der Waals surface area contributed by atoms with Crippen molar-refractivity contribution in [3.8, 4) is 0 Å². The molecule has 0 aliphatic heterocycles. The zero-order chi connectivity index (χ0) is 11.4. The first kappa shape index (κ1) is 12.9. The molecule has 0 fully saturated rings. The largest absolute Gasteiger partial charge is 0.372 e. The fraction of sp³-hybridized carbons (Fsp3) is 0.300. The lowest BCUT2D eigenvalue weighted by Crippen LogP contribution is -2.26. The van der Waals surface area contributed by atoms with Gasteiger partial charge in [-0.1, -0.05) is 0 Å². The molecule has 0 saturated carbocycles. The first-order chi connectivity index (χ1) is 7.04. The monoisotopic (exact) mass is 383 g/mol. The van der Waals surface area contributed by atoms with E-state index in [-0.39, 0.29) is 5.91 Å². The van der Waals surface area contributed by atoms with Crippen molar-refractivity contribution in [1.29, 1.82) is 0 Å². The number of carbonyl (C=O) groups is 1. The zero-order valence-corrected chi connectivity index (χ0v) is 12.1. The average Bonchev–Trinajstić information content (AvgIpc) is 2.20. The van der Waals surface area contributed by atoms with Gasteiger partial charge >= 0.3 is 0 Å². The highest BCUT2D eigenvalue weighted by molar-refractivity contribution is 14.1. The van der Waals surface area contributed by atoms with Crippen LogP contribution in [0.3, 0.4) is 0 Å². The standard InChI is InChI=1S/C10H11BrINO2/c1-6(15-2)10(14)13-9-4-3-7(12)5-8(9)11/h3-6H,1-2H3,(H,13,14). The summed E-state index contributed by atoms with van der Waals surface area (Å²) in [6.07, 6.45) is -0.448. The summed E-state index contributed by atoms with van der Waals surface area (Å²) in [6, 6.07) is 5.72. The highest BCUT2D eigenvalue weighted by Gasteiger charge is 2.12. The van der Waals surface area contributed by atoms with Crippen LogP contribution in [-0.4, -0.2) is 19.1 Å². The minimum absolute atomic E-state index is 0.153. The number of benzene rings is 1. The maximum absolute atomic E-state index is 11.5. The van der Waals surface area contributed by atoms with Crippen LogP contribution < -0.4 is 5.32 Å². The van der Waals surface area contributed by atoms with Gasteiger partial charge in [-0.15, -0.1) is 0 Å². The van der Waals surface area contributed by atoms with Gasteiger partial charge in [0.15, 0.2) is 0 Å². The van der Waals surface area contributed by atoms with E-state index in [1.165, 1.54) is 7.11 Å².